The maximum absolute atomic E-state index is 12.6. The highest BCUT2D eigenvalue weighted by molar-refractivity contribution is 7.87. The molecule has 41 heavy (non-hydrogen) atoms. The smallest absolute Gasteiger partial charge is 0.451 e. The Hall–Kier alpha value is -3.79. The lowest BCUT2D eigenvalue weighted by Gasteiger charge is -2.32. The third-order valence-corrected chi connectivity index (χ3v) is 8.56. The first-order valence-electron chi connectivity index (χ1n) is 13.4. The molecule has 1 heterocycles. The van der Waals surface area contributed by atoms with Gasteiger partial charge in [-0.15, -0.1) is 0 Å². The zero-order valence-electron chi connectivity index (χ0n) is 23.7. The standard InChI is InChI=1S/C32H33BO7S/c1-23-11-21-29(22-12-23)41(34,35)38-28-19-17-27(18-20-28)37-30(24-9-7-6-8-10-24)36-26-15-13-25(14-16-26)33-39-31(2,3)32(4,5)40-33/h6-22,30H,1-5H3. The molecule has 1 aliphatic rings. The molecule has 1 saturated heterocycles. The van der Waals surface area contributed by atoms with E-state index in [0.717, 1.165) is 16.6 Å². The third kappa shape index (κ3) is 6.59. The molecule has 212 valence electrons. The summed E-state index contributed by atoms with van der Waals surface area (Å²) in [7, 11) is -4.42. The van der Waals surface area contributed by atoms with Gasteiger partial charge in [0.2, 0.25) is 0 Å². The highest BCUT2D eigenvalue weighted by Crippen LogP contribution is 2.36. The number of hydrogen-bond donors (Lipinski definition) is 0. The van der Waals surface area contributed by atoms with Crippen molar-refractivity contribution in [2.75, 3.05) is 0 Å². The Morgan fingerprint density at radius 2 is 1.15 bits per heavy atom. The fraction of sp³-hybridized carbons (Fsp3) is 0.250. The van der Waals surface area contributed by atoms with Crippen LogP contribution in [0.25, 0.3) is 0 Å². The first kappa shape index (κ1) is 28.7. The van der Waals surface area contributed by atoms with Crippen molar-refractivity contribution in [3.8, 4) is 17.2 Å². The van der Waals surface area contributed by atoms with Crippen LogP contribution in [0.15, 0.2) is 108 Å². The predicted molar refractivity (Wildman–Crippen MR) is 158 cm³/mol. The summed E-state index contributed by atoms with van der Waals surface area (Å²) in [4.78, 5) is 0.0884. The van der Waals surface area contributed by atoms with E-state index in [0.29, 0.717) is 11.5 Å². The van der Waals surface area contributed by atoms with Crippen LogP contribution in [-0.4, -0.2) is 26.7 Å². The molecule has 1 fully saturated rings. The molecular formula is C32H33BO7S. The molecule has 0 radical (unpaired) electrons. The van der Waals surface area contributed by atoms with Gasteiger partial charge in [-0.05, 0) is 88.6 Å². The Kier molecular flexibility index (Phi) is 7.88. The van der Waals surface area contributed by atoms with Gasteiger partial charge in [0.1, 0.15) is 22.1 Å². The van der Waals surface area contributed by atoms with Crippen molar-refractivity contribution in [1.29, 1.82) is 0 Å². The zero-order chi connectivity index (χ0) is 29.3. The minimum absolute atomic E-state index is 0.0884. The van der Waals surface area contributed by atoms with Crippen molar-refractivity contribution in [3.05, 3.63) is 114 Å². The van der Waals surface area contributed by atoms with E-state index in [9.17, 15) is 8.42 Å². The van der Waals surface area contributed by atoms with E-state index in [1.807, 2.05) is 89.2 Å². The van der Waals surface area contributed by atoms with Crippen molar-refractivity contribution in [3.63, 3.8) is 0 Å². The molecule has 9 heteroatoms. The molecule has 5 rings (SSSR count). The molecule has 4 aromatic rings. The van der Waals surface area contributed by atoms with Gasteiger partial charge in [-0.2, -0.15) is 8.42 Å². The van der Waals surface area contributed by atoms with Crippen molar-refractivity contribution >= 4 is 22.7 Å². The lowest BCUT2D eigenvalue weighted by atomic mass is 9.79. The topological polar surface area (TPSA) is 80.3 Å². The lowest BCUT2D eigenvalue weighted by Crippen LogP contribution is -2.41. The van der Waals surface area contributed by atoms with Crippen LogP contribution in [0.3, 0.4) is 0 Å². The first-order valence-corrected chi connectivity index (χ1v) is 14.8. The average molecular weight is 572 g/mol. The minimum Gasteiger partial charge on any atom is -0.451 e. The molecule has 0 saturated carbocycles. The Balaban J connectivity index is 1.29. The van der Waals surface area contributed by atoms with Crippen LogP contribution >= 0.6 is 0 Å². The maximum Gasteiger partial charge on any atom is 0.494 e. The lowest BCUT2D eigenvalue weighted by molar-refractivity contribution is 0.00380. The molecule has 0 N–H and O–H groups in total. The Bertz CT molecular complexity index is 1550. The molecule has 7 nitrogen and oxygen atoms in total. The molecule has 0 bridgehead atoms. The summed E-state index contributed by atoms with van der Waals surface area (Å²) in [5.74, 6) is 1.25. The summed E-state index contributed by atoms with van der Waals surface area (Å²) in [6.45, 7) is 9.97. The van der Waals surface area contributed by atoms with E-state index in [2.05, 4.69) is 0 Å². The van der Waals surface area contributed by atoms with Crippen molar-refractivity contribution in [2.45, 2.75) is 57.0 Å². The third-order valence-electron chi connectivity index (χ3n) is 7.30. The van der Waals surface area contributed by atoms with Crippen molar-refractivity contribution in [1.82, 2.24) is 0 Å². The van der Waals surface area contributed by atoms with Gasteiger partial charge in [0, 0.05) is 5.56 Å². The van der Waals surface area contributed by atoms with Crippen LogP contribution in [-0.2, 0) is 19.4 Å². The predicted octanol–water partition coefficient (Wildman–Crippen LogP) is 6.22. The summed E-state index contributed by atoms with van der Waals surface area (Å²) < 4.78 is 55.4. The molecule has 4 aromatic carbocycles. The van der Waals surface area contributed by atoms with Gasteiger partial charge in [0.25, 0.3) is 6.29 Å². The average Bonchev–Trinajstić information content (AvgIpc) is 3.16. The number of rotatable bonds is 9. The van der Waals surface area contributed by atoms with Crippen molar-refractivity contribution < 1.29 is 31.4 Å². The van der Waals surface area contributed by atoms with Crippen LogP contribution in [0, 0.1) is 6.92 Å². The normalized spacial score (nSPS) is 16.7. The molecule has 0 amide bonds. The monoisotopic (exact) mass is 572 g/mol. The molecular weight excluding hydrogens is 539 g/mol. The Morgan fingerprint density at radius 1 is 0.659 bits per heavy atom. The molecule has 0 aliphatic carbocycles. The van der Waals surface area contributed by atoms with E-state index in [-0.39, 0.29) is 10.6 Å². The second-order valence-corrected chi connectivity index (χ2v) is 12.5. The summed E-state index contributed by atoms with van der Waals surface area (Å²) in [5, 5.41) is 0. The van der Waals surface area contributed by atoms with Gasteiger partial charge in [-0.3, -0.25) is 0 Å². The quantitative estimate of drug-likeness (QED) is 0.134. The van der Waals surface area contributed by atoms with Crippen LogP contribution in [0.5, 0.6) is 17.2 Å². The fourth-order valence-electron chi connectivity index (χ4n) is 4.15. The van der Waals surface area contributed by atoms with E-state index in [4.69, 9.17) is 23.0 Å². The van der Waals surface area contributed by atoms with Crippen molar-refractivity contribution in [2.24, 2.45) is 0 Å². The summed E-state index contributed by atoms with van der Waals surface area (Å²) >= 11 is 0. The number of ether oxygens (including phenoxy) is 2. The highest BCUT2D eigenvalue weighted by Gasteiger charge is 2.51. The Labute approximate surface area is 242 Å². The molecule has 1 atom stereocenters. The van der Waals surface area contributed by atoms with E-state index >= 15 is 0 Å². The number of hydrogen-bond acceptors (Lipinski definition) is 7. The molecule has 1 aliphatic heterocycles. The van der Waals surface area contributed by atoms with Gasteiger partial charge < -0.3 is 23.0 Å². The van der Waals surface area contributed by atoms with E-state index < -0.39 is 34.7 Å². The second-order valence-electron chi connectivity index (χ2n) is 11.0. The minimum atomic E-state index is -3.96. The van der Waals surface area contributed by atoms with Gasteiger partial charge in [-0.25, -0.2) is 0 Å². The SMILES string of the molecule is Cc1ccc(S(=O)(=O)Oc2ccc(OC(Oc3ccc(B4OC(C)(C)C(C)(C)O4)cc3)c3ccccc3)cc2)cc1. The first-order chi connectivity index (χ1) is 19.4. The van der Waals surface area contributed by atoms with Crippen LogP contribution < -0.4 is 19.1 Å². The van der Waals surface area contributed by atoms with Gasteiger partial charge in [0.05, 0.1) is 11.2 Å². The van der Waals surface area contributed by atoms with Crippen LogP contribution in [0.1, 0.15) is 45.1 Å². The van der Waals surface area contributed by atoms with E-state index in [1.165, 1.54) is 12.1 Å². The zero-order valence-corrected chi connectivity index (χ0v) is 24.6. The number of benzene rings is 4. The summed E-state index contributed by atoms with van der Waals surface area (Å²) in [6, 6.07) is 29.9. The van der Waals surface area contributed by atoms with Gasteiger partial charge in [0.15, 0.2) is 0 Å². The van der Waals surface area contributed by atoms with Crippen LogP contribution in [0.4, 0.5) is 0 Å². The Morgan fingerprint density at radius 3 is 1.68 bits per heavy atom. The highest BCUT2D eigenvalue weighted by atomic mass is 32.2. The molecule has 0 spiro atoms. The molecule has 0 aromatic heterocycles. The van der Waals surface area contributed by atoms with E-state index in [1.54, 1.807) is 36.4 Å². The fourth-order valence-corrected chi connectivity index (χ4v) is 5.08. The number of aryl methyl sites for hydroxylation is 1. The van der Waals surface area contributed by atoms with Gasteiger partial charge >= 0.3 is 17.2 Å². The molecule has 1 unspecified atom stereocenters. The summed E-state index contributed by atoms with van der Waals surface area (Å²) in [6.07, 6.45) is -0.762. The maximum atomic E-state index is 12.6. The summed E-state index contributed by atoms with van der Waals surface area (Å²) in [5.41, 5.74) is 1.81. The largest absolute Gasteiger partial charge is 0.494 e. The van der Waals surface area contributed by atoms with Crippen LogP contribution in [0.2, 0.25) is 0 Å². The second kappa shape index (κ2) is 11.2. The van der Waals surface area contributed by atoms with Gasteiger partial charge in [-0.1, -0.05) is 60.2 Å².